The van der Waals surface area contributed by atoms with Gasteiger partial charge in [-0.25, -0.2) is 23.5 Å². The summed E-state index contributed by atoms with van der Waals surface area (Å²) in [4.78, 5) is 24.4. The van der Waals surface area contributed by atoms with E-state index in [-0.39, 0.29) is 31.4 Å². The molecule has 3 aliphatic rings. The van der Waals surface area contributed by atoms with Gasteiger partial charge in [0, 0.05) is 37.8 Å². The van der Waals surface area contributed by atoms with Gasteiger partial charge in [-0.05, 0) is 66.4 Å². The smallest absolute Gasteiger partial charge is 0.410 e. The summed E-state index contributed by atoms with van der Waals surface area (Å²) in [5, 5.41) is 16.9. The molecule has 0 aromatic carbocycles. The molecule has 0 radical (unpaired) electrons. The second kappa shape index (κ2) is 11.0. The summed E-state index contributed by atoms with van der Waals surface area (Å²) >= 11 is 0. The summed E-state index contributed by atoms with van der Waals surface area (Å²) in [5.41, 5.74) is 5.44. The number of halogens is 2. The summed E-state index contributed by atoms with van der Waals surface area (Å²) in [5.74, 6) is -3.83. The molecule has 4 N–H and O–H groups in total. The standard InChI is InChI=1S/C24H34F2N6O3.C3H8O2/c1-22(2,3)35-21(33)30-10-7-23(8-11-30)13-24(25,26)14-31(23)12-16-4-5-18(34-16)32-9-6-17-19(27)28-15-29-20(17)32;1-3(2,4)5/h6,9,15-16,18H,4-5,7-8,10-14H2,1-3H3,(H2,27,28,29);4-5H,1-2H3. The number of nitrogen functional groups attached to an aromatic ring is 1. The van der Waals surface area contributed by atoms with E-state index < -0.39 is 22.8 Å². The Morgan fingerprint density at radius 2 is 1.82 bits per heavy atom. The largest absolute Gasteiger partial charge is 0.444 e. The molecule has 0 saturated carbocycles. The fraction of sp³-hybridized carbons (Fsp3) is 0.741. The number of carbonyl (C=O) groups excluding carboxylic acids is 1. The molecule has 2 atom stereocenters. The minimum Gasteiger partial charge on any atom is -0.444 e. The summed E-state index contributed by atoms with van der Waals surface area (Å²) in [7, 11) is 0. The van der Waals surface area contributed by atoms with E-state index in [1.165, 1.54) is 20.2 Å². The molecule has 3 fully saturated rings. The van der Waals surface area contributed by atoms with E-state index in [2.05, 4.69) is 9.97 Å². The molecule has 5 rings (SSSR count). The molecule has 3 aliphatic heterocycles. The Morgan fingerprint density at radius 3 is 2.45 bits per heavy atom. The van der Waals surface area contributed by atoms with Gasteiger partial charge in [0.1, 0.15) is 29.6 Å². The summed E-state index contributed by atoms with van der Waals surface area (Å²) in [6, 6.07) is 1.87. The van der Waals surface area contributed by atoms with Crippen LogP contribution in [-0.2, 0) is 9.47 Å². The lowest BCUT2D eigenvalue weighted by molar-refractivity contribution is -0.127. The third-order valence-electron chi connectivity index (χ3n) is 7.39. The molecule has 1 amide bonds. The third kappa shape index (κ3) is 7.36. The van der Waals surface area contributed by atoms with Gasteiger partial charge in [-0.15, -0.1) is 0 Å². The first-order valence-corrected chi connectivity index (χ1v) is 13.7. The maximum atomic E-state index is 14.7. The van der Waals surface area contributed by atoms with Crippen molar-refractivity contribution in [3.8, 4) is 0 Å². The van der Waals surface area contributed by atoms with Gasteiger partial charge in [0.15, 0.2) is 5.79 Å². The van der Waals surface area contributed by atoms with Gasteiger partial charge in [-0.2, -0.15) is 0 Å². The molecule has 11 nitrogen and oxygen atoms in total. The highest BCUT2D eigenvalue weighted by molar-refractivity contribution is 5.86. The Labute approximate surface area is 233 Å². The average molecular weight is 569 g/mol. The highest BCUT2D eigenvalue weighted by Gasteiger charge is 2.56. The number of anilines is 1. The highest BCUT2D eigenvalue weighted by Crippen LogP contribution is 2.46. The number of likely N-dealkylation sites (tertiary alicyclic amines) is 2. The van der Waals surface area contributed by atoms with Gasteiger partial charge in [0.2, 0.25) is 0 Å². The van der Waals surface area contributed by atoms with Crippen molar-refractivity contribution in [2.75, 3.05) is 31.9 Å². The summed E-state index contributed by atoms with van der Waals surface area (Å²) in [6.45, 7) is 9.04. The Bertz CT molecular complexity index is 1180. The van der Waals surface area contributed by atoms with E-state index in [9.17, 15) is 13.6 Å². The molecule has 0 bridgehead atoms. The lowest BCUT2D eigenvalue weighted by Crippen LogP contribution is -2.55. The van der Waals surface area contributed by atoms with E-state index in [0.29, 0.717) is 43.9 Å². The van der Waals surface area contributed by atoms with Gasteiger partial charge in [-0.1, -0.05) is 0 Å². The zero-order chi connectivity index (χ0) is 29.5. The van der Waals surface area contributed by atoms with Crippen molar-refractivity contribution >= 4 is 22.9 Å². The van der Waals surface area contributed by atoms with Crippen molar-refractivity contribution in [2.24, 2.45) is 0 Å². The molecule has 40 heavy (non-hydrogen) atoms. The summed E-state index contributed by atoms with van der Waals surface area (Å²) in [6.07, 6.45) is 4.90. The number of alkyl halides is 2. The number of rotatable bonds is 3. The zero-order valence-corrected chi connectivity index (χ0v) is 23.9. The Balaban J connectivity index is 0.000000681. The monoisotopic (exact) mass is 568 g/mol. The van der Waals surface area contributed by atoms with Crippen LogP contribution in [0.25, 0.3) is 11.0 Å². The van der Waals surface area contributed by atoms with E-state index in [1.54, 1.807) is 4.90 Å². The first kappa shape index (κ1) is 30.4. The van der Waals surface area contributed by atoms with Crippen molar-refractivity contribution in [3.05, 3.63) is 18.6 Å². The maximum Gasteiger partial charge on any atom is 0.410 e. The minimum atomic E-state index is -2.75. The fourth-order valence-electron chi connectivity index (χ4n) is 5.77. The van der Waals surface area contributed by atoms with Crippen molar-refractivity contribution in [3.63, 3.8) is 0 Å². The molecule has 1 spiro atoms. The van der Waals surface area contributed by atoms with Crippen molar-refractivity contribution < 1.29 is 33.3 Å². The van der Waals surface area contributed by atoms with E-state index >= 15 is 0 Å². The molecule has 2 unspecified atom stereocenters. The molecule has 2 aromatic rings. The molecule has 3 saturated heterocycles. The molecule has 0 aliphatic carbocycles. The molecular formula is C27H42F2N6O5. The molecular weight excluding hydrogens is 526 g/mol. The normalized spacial score (nSPS) is 24.8. The quantitative estimate of drug-likeness (QED) is 0.475. The number of amides is 1. The predicted octanol–water partition coefficient (Wildman–Crippen LogP) is 3.51. The van der Waals surface area contributed by atoms with Crippen LogP contribution in [0.5, 0.6) is 0 Å². The third-order valence-corrected chi connectivity index (χ3v) is 7.39. The van der Waals surface area contributed by atoms with Crippen LogP contribution in [0.2, 0.25) is 0 Å². The number of piperidine rings is 1. The van der Waals surface area contributed by atoms with Crippen molar-refractivity contribution in [1.82, 2.24) is 24.3 Å². The van der Waals surface area contributed by atoms with Crippen LogP contribution in [0.15, 0.2) is 18.6 Å². The lowest BCUT2D eigenvalue weighted by atomic mass is 9.84. The first-order chi connectivity index (χ1) is 18.4. The Kier molecular flexibility index (Phi) is 8.34. The second-order valence-electron chi connectivity index (χ2n) is 12.6. The Hall–Kier alpha value is -2.61. The van der Waals surface area contributed by atoms with Crippen LogP contribution < -0.4 is 5.73 Å². The van der Waals surface area contributed by atoms with Crippen LogP contribution in [0.1, 0.15) is 73.0 Å². The highest BCUT2D eigenvalue weighted by atomic mass is 19.3. The summed E-state index contributed by atoms with van der Waals surface area (Å²) < 4.78 is 43.1. The van der Waals surface area contributed by atoms with Crippen LogP contribution >= 0.6 is 0 Å². The lowest BCUT2D eigenvalue weighted by Gasteiger charge is -2.45. The number of ether oxygens (including phenoxy) is 2. The molecule has 5 heterocycles. The molecule has 13 heteroatoms. The molecule has 224 valence electrons. The van der Waals surface area contributed by atoms with E-state index in [4.69, 9.17) is 25.4 Å². The first-order valence-electron chi connectivity index (χ1n) is 13.7. The van der Waals surface area contributed by atoms with Crippen LogP contribution in [0.4, 0.5) is 19.4 Å². The number of nitrogens with zero attached hydrogens (tertiary/aromatic N) is 5. The number of nitrogens with two attached hydrogens (primary N) is 1. The topological polar surface area (TPSA) is 139 Å². The van der Waals surface area contributed by atoms with Crippen molar-refractivity contribution in [2.45, 2.75) is 102 Å². The van der Waals surface area contributed by atoms with Crippen LogP contribution in [0, 0.1) is 0 Å². The van der Waals surface area contributed by atoms with Gasteiger partial charge in [-0.3, -0.25) is 4.90 Å². The van der Waals surface area contributed by atoms with Crippen LogP contribution in [0.3, 0.4) is 0 Å². The number of fused-ring (bicyclic) bond motifs is 1. The number of hydrogen-bond donors (Lipinski definition) is 3. The maximum absolute atomic E-state index is 14.7. The predicted molar refractivity (Wildman–Crippen MR) is 145 cm³/mol. The zero-order valence-electron chi connectivity index (χ0n) is 23.9. The second-order valence-corrected chi connectivity index (χ2v) is 12.6. The van der Waals surface area contributed by atoms with Gasteiger partial charge >= 0.3 is 6.09 Å². The number of aromatic nitrogens is 3. The number of hydrogen-bond acceptors (Lipinski definition) is 9. The van der Waals surface area contributed by atoms with E-state index in [0.717, 1.165) is 18.2 Å². The Morgan fingerprint density at radius 1 is 1.18 bits per heavy atom. The SMILES string of the molecule is CC(C)(C)OC(=O)N1CCC2(CC1)CC(F)(F)CN2CC1CCC(n2ccc3c(N)ncnc32)O1.CC(C)(O)O. The molecule has 2 aromatic heterocycles. The van der Waals surface area contributed by atoms with Gasteiger partial charge < -0.3 is 34.9 Å². The van der Waals surface area contributed by atoms with Gasteiger partial charge in [0.05, 0.1) is 18.0 Å². The van der Waals surface area contributed by atoms with Gasteiger partial charge in [0.25, 0.3) is 5.92 Å². The van der Waals surface area contributed by atoms with Crippen molar-refractivity contribution in [1.29, 1.82) is 0 Å². The number of carbonyl (C=O) groups is 1. The van der Waals surface area contributed by atoms with Crippen LogP contribution in [-0.4, -0.2) is 95.8 Å². The number of aliphatic hydroxyl groups is 2. The fourth-order valence-corrected chi connectivity index (χ4v) is 5.77. The van der Waals surface area contributed by atoms with E-state index in [1.807, 2.05) is 42.5 Å². The average Bonchev–Trinajstić information content (AvgIpc) is 3.49. The minimum absolute atomic E-state index is 0.161.